The minimum atomic E-state index is -0.0880. The molecule has 0 radical (unpaired) electrons. The fraction of sp³-hybridized carbons (Fsp3) is 0.423. The van der Waals surface area contributed by atoms with Gasteiger partial charge in [-0.1, -0.05) is 18.2 Å². The van der Waals surface area contributed by atoms with E-state index in [0.29, 0.717) is 25.3 Å². The van der Waals surface area contributed by atoms with Gasteiger partial charge in [0.1, 0.15) is 5.82 Å². The Hall–Kier alpha value is -3.55. The van der Waals surface area contributed by atoms with Crippen molar-refractivity contribution in [3.8, 4) is 0 Å². The van der Waals surface area contributed by atoms with Crippen molar-refractivity contribution in [1.82, 2.24) is 14.9 Å². The van der Waals surface area contributed by atoms with Gasteiger partial charge < -0.3 is 24.0 Å². The summed E-state index contributed by atoms with van der Waals surface area (Å²) < 4.78 is 5.35. The van der Waals surface area contributed by atoms with E-state index in [4.69, 9.17) is 14.4 Å². The van der Waals surface area contributed by atoms with Crippen molar-refractivity contribution in [3.63, 3.8) is 0 Å². The summed E-state index contributed by atoms with van der Waals surface area (Å²) in [5.74, 6) is 1.99. The summed E-state index contributed by atoms with van der Waals surface area (Å²) in [4.78, 5) is 31.7. The smallest absolute Gasteiger partial charge is 0.289 e. The first-order valence-corrected chi connectivity index (χ1v) is 12.0. The maximum Gasteiger partial charge on any atom is 0.289 e. The average Bonchev–Trinajstić information content (AvgIpc) is 3.42. The van der Waals surface area contributed by atoms with E-state index in [1.54, 1.807) is 12.1 Å². The molecule has 1 saturated heterocycles. The number of para-hydroxylation sites is 1. The normalized spacial score (nSPS) is 16.1. The van der Waals surface area contributed by atoms with Gasteiger partial charge in [-0.05, 0) is 38.1 Å². The average molecular weight is 461 g/mol. The number of furan rings is 1. The summed E-state index contributed by atoms with van der Waals surface area (Å²) in [6.07, 6.45) is 2.25. The van der Waals surface area contributed by atoms with Crippen LogP contribution in [0.15, 0.2) is 53.1 Å². The Kier molecular flexibility index (Phi) is 6.13. The van der Waals surface area contributed by atoms with Crippen LogP contribution >= 0.6 is 0 Å². The van der Waals surface area contributed by atoms with Crippen LogP contribution in [0.2, 0.25) is 0 Å². The molecule has 2 aromatic heterocycles. The third kappa shape index (κ3) is 4.32. The van der Waals surface area contributed by atoms with E-state index >= 15 is 0 Å². The van der Waals surface area contributed by atoms with E-state index in [0.717, 1.165) is 49.2 Å². The molecule has 1 fully saturated rings. The van der Waals surface area contributed by atoms with Crippen molar-refractivity contribution in [2.75, 3.05) is 54.5 Å². The van der Waals surface area contributed by atoms with Gasteiger partial charge in [0.2, 0.25) is 5.95 Å². The van der Waals surface area contributed by atoms with Crippen LogP contribution in [0.4, 0.5) is 17.5 Å². The molecule has 2 aliphatic rings. The molecule has 3 aromatic rings. The number of nitrogens with zero attached hydrogens (tertiary/aromatic N) is 6. The SMILES string of the molecule is CC(C)N(C)c1nc(N2CCN(c3ccccc3)CC2)nc2c1CN(C(=O)c1ccco1)CC2. The zero-order valence-corrected chi connectivity index (χ0v) is 20.1. The zero-order chi connectivity index (χ0) is 23.7. The Labute approximate surface area is 200 Å². The first kappa shape index (κ1) is 22.3. The second-order valence-corrected chi connectivity index (χ2v) is 9.24. The van der Waals surface area contributed by atoms with Crippen LogP contribution in [-0.4, -0.2) is 66.6 Å². The van der Waals surface area contributed by atoms with Gasteiger partial charge in [0.15, 0.2) is 5.76 Å². The highest BCUT2D eigenvalue weighted by Gasteiger charge is 2.30. The fourth-order valence-corrected chi connectivity index (χ4v) is 4.59. The van der Waals surface area contributed by atoms with E-state index in [2.05, 4.69) is 65.9 Å². The molecule has 1 aromatic carbocycles. The largest absolute Gasteiger partial charge is 0.459 e. The molecule has 0 spiro atoms. The summed E-state index contributed by atoms with van der Waals surface area (Å²) >= 11 is 0. The van der Waals surface area contributed by atoms with E-state index in [1.165, 1.54) is 12.0 Å². The summed E-state index contributed by atoms with van der Waals surface area (Å²) in [6.45, 7) is 9.04. The molecule has 0 atom stereocenters. The molecule has 178 valence electrons. The number of carbonyl (C=O) groups is 1. The van der Waals surface area contributed by atoms with Gasteiger partial charge in [0.05, 0.1) is 18.5 Å². The molecule has 5 rings (SSSR count). The highest BCUT2D eigenvalue weighted by atomic mass is 16.3. The van der Waals surface area contributed by atoms with Crippen LogP contribution in [0, 0.1) is 0 Å². The molecule has 4 heterocycles. The predicted octanol–water partition coefficient (Wildman–Crippen LogP) is 3.44. The Balaban J connectivity index is 1.39. The van der Waals surface area contributed by atoms with Crippen LogP contribution in [-0.2, 0) is 13.0 Å². The molecule has 2 aliphatic heterocycles. The minimum absolute atomic E-state index is 0.0880. The van der Waals surface area contributed by atoms with Gasteiger partial charge in [0.25, 0.3) is 5.91 Å². The standard InChI is InChI=1S/C26H32N6O2/c1-19(2)29(3)24-21-18-32(25(33)23-10-7-17-34-23)12-11-22(21)27-26(28-24)31-15-13-30(14-16-31)20-8-5-4-6-9-20/h4-10,17,19H,11-16,18H2,1-3H3. The van der Waals surface area contributed by atoms with Crippen LogP contribution in [0.1, 0.15) is 35.7 Å². The number of fused-ring (bicyclic) bond motifs is 1. The first-order valence-electron chi connectivity index (χ1n) is 12.0. The molecule has 34 heavy (non-hydrogen) atoms. The highest BCUT2D eigenvalue weighted by molar-refractivity contribution is 5.91. The van der Waals surface area contributed by atoms with Crippen molar-refractivity contribution in [3.05, 3.63) is 65.7 Å². The van der Waals surface area contributed by atoms with Crippen molar-refractivity contribution < 1.29 is 9.21 Å². The molecule has 0 N–H and O–H groups in total. The van der Waals surface area contributed by atoms with Crippen LogP contribution in [0.5, 0.6) is 0 Å². The number of hydrogen-bond donors (Lipinski definition) is 0. The quantitative estimate of drug-likeness (QED) is 0.578. The van der Waals surface area contributed by atoms with Crippen LogP contribution < -0.4 is 14.7 Å². The van der Waals surface area contributed by atoms with E-state index in [9.17, 15) is 4.79 Å². The number of rotatable bonds is 5. The molecule has 0 bridgehead atoms. The molecular weight excluding hydrogens is 428 g/mol. The number of aromatic nitrogens is 2. The maximum atomic E-state index is 12.9. The maximum absolute atomic E-state index is 12.9. The summed E-state index contributed by atoms with van der Waals surface area (Å²) in [6, 6.07) is 14.3. The second kappa shape index (κ2) is 9.37. The Bertz CT molecular complexity index is 1120. The van der Waals surface area contributed by atoms with Gasteiger partial charge >= 0.3 is 0 Å². The Morgan fingerprint density at radius 1 is 0.971 bits per heavy atom. The minimum Gasteiger partial charge on any atom is -0.459 e. The lowest BCUT2D eigenvalue weighted by Crippen LogP contribution is -2.47. The van der Waals surface area contributed by atoms with Gasteiger partial charge in [0, 0.05) is 63.5 Å². The number of carbonyl (C=O) groups excluding carboxylic acids is 1. The van der Waals surface area contributed by atoms with Crippen LogP contribution in [0.25, 0.3) is 0 Å². The summed E-state index contributed by atoms with van der Waals surface area (Å²) in [5.41, 5.74) is 3.34. The number of hydrogen-bond acceptors (Lipinski definition) is 7. The molecule has 8 nitrogen and oxygen atoms in total. The molecule has 0 saturated carbocycles. The fourth-order valence-electron chi connectivity index (χ4n) is 4.59. The zero-order valence-electron chi connectivity index (χ0n) is 20.1. The first-order chi connectivity index (χ1) is 16.5. The number of piperazine rings is 1. The third-order valence-electron chi connectivity index (χ3n) is 6.84. The topological polar surface area (TPSA) is 69.0 Å². The monoisotopic (exact) mass is 460 g/mol. The lowest BCUT2D eigenvalue weighted by molar-refractivity contribution is 0.0701. The van der Waals surface area contributed by atoms with Gasteiger partial charge in [-0.2, -0.15) is 4.98 Å². The van der Waals surface area contributed by atoms with Crippen LogP contribution in [0.3, 0.4) is 0 Å². The third-order valence-corrected chi connectivity index (χ3v) is 6.84. The van der Waals surface area contributed by atoms with Crippen molar-refractivity contribution >= 4 is 23.4 Å². The summed E-state index contributed by atoms with van der Waals surface area (Å²) in [5, 5.41) is 0. The van der Waals surface area contributed by atoms with E-state index in [-0.39, 0.29) is 11.9 Å². The molecule has 0 aliphatic carbocycles. The lowest BCUT2D eigenvalue weighted by atomic mass is 10.0. The van der Waals surface area contributed by atoms with Gasteiger partial charge in [-0.25, -0.2) is 4.98 Å². The van der Waals surface area contributed by atoms with Crippen molar-refractivity contribution in [2.45, 2.75) is 32.9 Å². The number of anilines is 3. The molecule has 0 unspecified atom stereocenters. The Morgan fingerprint density at radius 3 is 2.38 bits per heavy atom. The van der Waals surface area contributed by atoms with Gasteiger partial charge in [-0.3, -0.25) is 4.79 Å². The number of benzene rings is 1. The van der Waals surface area contributed by atoms with Crippen molar-refractivity contribution in [2.24, 2.45) is 0 Å². The molecular formula is C26H32N6O2. The van der Waals surface area contributed by atoms with E-state index < -0.39 is 0 Å². The lowest BCUT2D eigenvalue weighted by Gasteiger charge is -2.38. The molecule has 8 heteroatoms. The number of amides is 1. The van der Waals surface area contributed by atoms with E-state index in [1.807, 2.05) is 4.90 Å². The predicted molar refractivity (Wildman–Crippen MR) is 134 cm³/mol. The summed E-state index contributed by atoms with van der Waals surface area (Å²) in [7, 11) is 2.07. The second-order valence-electron chi connectivity index (χ2n) is 9.24. The Morgan fingerprint density at radius 2 is 1.71 bits per heavy atom. The highest BCUT2D eigenvalue weighted by Crippen LogP contribution is 2.30. The van der Waals surface area contributed by atoms with Gasteiger partial charge in [-0.15, -0.1) is 0 Å². The van der Waals surface area contributed by atoms with Crippen molar-refractivity contribution in [1.29, 1.82) is 0 Å². The molecule has 1 amide bonds.